The number of nitrogens with zero attached hydrogens (tertiary/aromatic N) is 1. The topological polar surface area (TPSA) is 91.5 Å². The largest absolute Gasteiger partial charge is 0.457 e. The molecule has 2 aromatic carbocycles. The molecule has 0 aliphatic heterocycles. The van der Waals surface area contributed by atoms with Crippen molar-refractivity contribution in [3.63, 3.8) is 0 Å². The van der Waals surface area contributed by atoms with Crippen LogP contribution in [0.1, 0.15) is 20.8 Å². The van der Waals surface area contributed by atoms with E-state index in [4.69, 9.17) is 15.2 Å². The number of hydrogen-bond donors (Lipinski definition) is 1. The highest BCUT2D eigenvalue weighted by molar-refractivity contribution is 7.10. The monoisotopic (exact) mass is 380 g/mol. The smallest absolute Gasteiger partial charge is 0.336 e. The first-order chi connectivity index (χ1) is 13.0. The molecule has 3 aromatic rings. The first-order valence-corrected chi connectivity index (χ1v) is 8.86. The van der Waals surface area contributed by atoms with E-state index in [0.29, 0.717) is 22.8 Å². The van der Waals surface area contributed by atoms with Crippen molar-refractivity contribution in [2.45, 2.75) is 6.92 Å². The van der Waals surface area contributed by atoms with E-state index < -0.39 is 11.9 Å². The van der Waals surface area contributed by atoms with Crippen LogP contribution in [0.25, 0.3) is 6.08 Å². The third kappa shape index (κ3) is 5.02. The highest BCUT2D eigenvalue weighted by Crippen LogP contribution is 2.27. The lowest BCUT2D eigenvalue weighted by molar-refractivity contribution is -0.128. The maximum Gasteiger partial charge on any atom is 0.336 e. The second-order valence-electron chi connectivity index (χ2n) is 5.58. The van der Waals surface area contributed by atoms with Crippen molar-refractivity contribution in [1.82, 2.24) is 4.98 Å². The van der Waals surface area contributed by atoms with Gasteiger partial charge in [-0.2, -0.15) is 0 Å². The fourth-order valence-electron chi connectivity index (χ4n) is 2.23. The first-order valence-electron chi connectivity index (χ1n) is 7.98. The fraction of sp³-hybridized carbons (Fsp3) is 0.0500. The van der Waals surface area contributed by atoms with Crippen LogP contribution >= 0.6 is 11.3 Å². The summed E-state index contributed by atoms with van der Waals surface area (Å²) in [6.45, 7) is 1.83. The Hall–Kier alpha value is -3.45. The Morgan fingerprint density at radius 3 is 2.48 bits per heavy atom. The lowest BCUT2D eigenvalue weighted by Crippen LogP contribution is -2.10. The van der Waals surface area contributed by atoms with Gasteiger partial charge < -0.3 is 15.2 Å². The van der Waals surface area contributed by atoms with Gasteiger partial charge in [-0.15, -0.1) is 11.3 Å². The molecule has 1 heterocycles. The van der Waals surface area contributed by atoms with Crippen LogP contribution < -0.4 is 15.2 Å². The minimum absolute atomic E-state index is 0.405. The second kappa shape index (κ2) is 8.29. The van der Waals surface area contributed by atoms with Gasteiger partial charge >= 0.3 is 5.97 Å². The molecule has 136 valence electrons. The van der Waals surface area contributed by atoms with Crippen molar-refractivity contribution >= 4 is 29.3 Å². The normalized spacial score (nSPS) is 10.7. The molecule has 7 heteroatoms. The van der Waals surface area contributed by atoms with E-state index in [1.165, 1.54) is 17.4 Å². The summed E-state index contributed by atoms with van der Waals surface area (Å²) >= 11 is 1.43. The standard InChI is InChI=1S/C20H16N2O4S/c1-13-10-14(20(21)24)2-8-18(13)25-15-3-5-16(6-4-15)26-19(23)9-7-17-11-22-12-27-17/h2-12H,1H3,(H2,21,24)/b9-7+. The summed E-state index contributed by atoms with van der Waals surface area (Å²) < 4.78 is 11.0. The summed E-state index contributed by atoms with van der Waals surface area (Å²) in [6.07, 6.45) is 4.66. The van der Waals surface area contributed by atoms with E-state index in [9.17, 15) is 9.59 Å². The molecule has 0 saturated heterocycles. The summed E-state index contributed by atoms with van der Waals surface area (Å²) in [4.78, 5) is 27.8. The second-order valence-corrected chi connectivity index (χ2v) is 6.49. The Bertz CT molecular complexity index is 980. The number of esters is 1. The average Bonchev–Trinajstić information content (AvgIpc) is 3.17. The van der Waals surface area contributed by atoms with Gasteiger partial charge in [0.25, 0.3) is 0 Å². The first kappa shape index (κ1) is 18.3. The van der Waals surface area contributed by atoms with E-state index >= 15 is 0 Å². The van der Waals surface area contributed by atoms with Gasteiger partial charge in [0, 0.05) is 22.7 Å². The Kier molecular flexibility index (Phi) is 5.63. The average molecular weight is 380 g/mol. The third-order valence-electron chi connectivity index (χ3n) is 3.56. The van der Waals surface area contributed by atoms with Crippen LogP contribution in [0.5, 0.6) is 17.2 Å². The number of carbonyl (C=O) groups is 2. The Morgan fingerprint density at radius 2 is 1.85 bits per heavy atom. The number of primary amides is 1. The van der Waals surface area contributed by atoms with Gasteiger partial charge in [0.2, 0.25) is 5.91 Å². The van der Waals surface area contributed by atoms with Crippen LogP contribution in [-0.4, -0.2) is 16.9 Å². The molecule has 0 atom stereocenters. The highest BCUT2D eigenvalue weighted by atomic mass is 32.1. The molecule has 0 aliphatic rings. The van der Waals surface area contributed by atoms with Crippen molar-refractivity contribution in [2.24, 2.45) is 5.73 Å². The van der Waals surface area contributed by atoms with Crippen molar-refractivity contribution in [3.05, 3.63) is 76.3 Å². The van der Waals surface area contributed by atoms with Gasteiger partial charge in [-0.3, -0.25) is 9.78 Å². The molecule has 0 radical (unpaired) electrons. The van der Waals surface area contributed by atoms with Crippen LogP contribution in [0.3, 0.4) is 0 Å². The predicted molar refractivity (Wildman–Crippen MR) is 103 cm³/mol. The molecule has 0 unspecified atom stereocenters. The summed E-state index contributed by atoms with van der Waals surface area (Å²) in [5.41, 5.74) is 8.16. The van der Waals surface area contributed by atoms with Crippen molar-refractivity contribution in [2.75, 3.05) is 0 Å². The minimum atomic E-state index is -0.486. The summed E-state index contributed by atoms with van der Waals surface area (Å²) in [6, 6.07) is 11.6. The maximum absolute atomic E-state index is 11.8. The number of aromatic nitrogens is 1. The van der Waals surface area contributed by atoms with Crippen LogP contribution in [0, 0.1) is 6.92 Å². The number of amides is 1. The number of thiazole rings is 1. The fourth-order valence-corrected chi connectivity index (χ4v) is 2.74. The van der Waals surface area contributed by atoms with Crippen LogP contribution in [0.2, 0.25) is 0 Å². The van der Waals surface area contributed by atoms with Crippen molar-refractivity contribution in [3.8, 4) is 17.2 Å². The predicted octanol–water partition coefficient (Wildman–Crippen LogP) is 3.96. The molecule has 0 saturated carbocycles. The van der Waals surface area contributed by atoms with Gasteiger partial charge in [-0.1, -0.05) is 0 Å². The molecule has 2 N–H and O–H groups in total. The molecule has 0 spiro atoms. The molecule has 6 nitrogen and oxygen atoms in total. The van der Waals surface area contributed by atoms with E-state index in [-0.39, 0.29) is 0 Å². The van der Waals surface area contributed by atoms with Gasteiger partial charge in [0.15, 0.2) is 0 Å². The molecule has 0 bridgehead atoms. The Labute approximate surface area is 159 Å². The SMILES string of the molecule is Cc1cc(C(N)=O)ccc1Oc1ccc(OC(=O)/C=C/c2cncs2)cc1. The lowest BCUT2D eigenvalue weighted by atomic mass is 10.1. The number of aryl methyl sites for hydroxylation is 1. The summed E-state index contributed by atoms with van der Waals surface area (Å²) in [7, 11) is 0. The van der Waals surface area contributed by atoms with E-state index in [1.807, 2.05) is 6.92 Å². The van der Waals surface area contributed by atoms with Crippen LogP contribution in [0.15, 0.2) is 60.2 Å². The zero-order chi connectivity index (χ0) is 19.2. The van der Waals surface area contributed by atoms with Crippen LogP contribution in [0.4, 0.5) is 0 Å². The zero-order valence-electron chi connectivity index (χ0n) is 14.4. The van der Waals surface area contributed by atoms with E-state index in [1.54, 1.807) is 60.2 Å². The Morgan fingerprint density at radius 1 is 1.11 bits per heavy atom. The lowest BCUT2D eigenvalue weighted by Gasteiger charge is -2.10. The molecule has 1 amide bonds. The molecule has 3 rings (SSSR count). The number of carbonyl (C=O) groups excluding carboxylic acids is 2. The highest BCUT2D eigenvalue weighted by Gasteiger charge is 2.07. The molecule has 0 fully saturated rings. The number of ether oxygens (including phenoxy) is 2. The third-order valence-corrected chi connectivity index (χ3v) is 4.31. The number of rotatable bonds is 6. The van der Waals surface area contributed by atoms with Gasteiger partial charge in [0.1, 0.15) is 17.2 Å². The molecular formula is C20H16N2O4S. The van der Waals surface area contributed by atoms with E-state index in [0.717, 1.165) is 10.4 Å². The Balaban J connectivity index is 1.62. The van der Waals surface area contributed by atoms with Gasteiger partial charge in [-0.05, 0) is 61.0 Å². The summed E-state index contributed by atoms with van der Waals surface area (Å²) in [5, 5.41) is 0. The van der Waals surface area contributed by atoms with Gasteiger partial charge in [-0.25, -0.2) is 4.79 Å². The van der Waals surface area contributed by atoms with Crippen molar-refractivity contribution in [1.29, 1.82) is 0 Å². The van der Waals surface area contributed by atoms with Gasteiger partial charge in [0.05, 0.1) is 5.51 Å². The molecule has 1 aromatic heterocycles. The zero-order valence-corrected chi connectivity index (χ0v) is 15.2. The van der Waals surface area contributed by atoms with Crippen LogP contribution in [-0.2, 0) is 4.79 Å². The minimum Gasteiger partial charge on any atom is -0.457 e. The van der Waals surface area contributed by atoms with Crippen molar-refractivity contribution < 1.29 is 19.1 Å². The number of nitrogens with two attached hydrogens (primary N) is 1. The maximum atomic E-state index is 11.8. The quantitative estimate of drug-likeness (QED) is 0.397. The van der Waals surface area contributed by atoms with E-state index in [2.05, 4.69) is 4.98 Å². The summed E-state index contributed by atoms with van der Waals surface area (Å²) in [5.74, 6) is 0.624. The molecule has 27 heavy (non-hydrogen) atoms. The molecule has 0 aliphatic carbocycles. The molecular weight excluding hydrogens is 364 g/mol. The number of hydrogen-bond acceptors (Lipinski definition) is 6. The number of benzene rings is 2.